The summed E-state index contributed by atoms with van der Waals surface area (Å²) in [6, 6.07) is 1.50. The Bertz CT molecular complexity index is 335. The molecular weight excluding hydrogens is 182 g/mol. The van der Waals surface area contributed by atoms with Crippen molar-refractivity contribution < 1.29 is 4.74 Å². The van der Waals surface area contributed by atoms with Crippen molar-refractivity contribution in [3.05, 3.63) is 22.1 Å². The first-order chi connectivity index (χ1) is 6.76. The van der Waals surface area contributed by atoms with E-state index in [-0.39, 0.29) is 5.56 Å². The monoisotopic (exact) mass is 197 g/mol. The minimum Gasteiger partial charge on any atom is -0.383 e. The zero-order chi connectivity index (χ0) is 10.4. The molecule has 0 aromatic carbocycles. The molecule has 0 fully saturated rings. The number of aromatic amines is 1. The van der Waals surface area contributed by atoms with E-state index in [2.05, 4.69) is 15.3 Å². The highest BCUT2D eigenvalue weighted by atomic mass is 16.5. The highest BCUT2D eigenvalue weighted by Crippen LogP contribution is 1.96. The molecule has 0 unspecified atom stereocenters. The van der Waals surface area contributed by atoms with Crippen LogP contribution < -0.4 is 10.9 Å². The molecule has 1 heterocycles. The van der Waals surface area contributed by atoms with E-state index in [4.69, 9.17) is 4.74 Å². The smallest absolute Gasteiger partial charge is 0.252 e. The van der Waals surface area contributed by atoms with Gasteiger partial charge in [0, 0.05) is 25.4 Å². The fraction of sp³-hybridized carbons (Fsp3) is 0.556. The number of hydrogen-bond donors (Lipinski definition) is 2. The molecule has 0 bridgehead atoms. The second-order valence-corrected chi connectivity index (χ2v) is 2.86. The second kappa shape index (κ2) is 5.39. The Balaban J connectivity index is 2.67. The first kappa shape index (κ1) is 10.7. The van der Waals surface area contributed by atoms with E-state index in [0.717, 1.165) is 12.1 Å². The SMILES string of the molecule is CCc1cc(=O)[nH]c(NCCOC)n1. The van der Waals surface area contributed by atoms with Crippen LogP contribution >= 0.6 is 0 Å². The fourth-order valence-electron chi connectivity index (χ4n) is 1.04. The summed E-state index contributed by atoms with van der Waals surface area (Å²) in [6.45, 7) is 3.17. The highest BCUT2D eigenvalue weighted by Gasteiger charge is 1.98. The van der Waals surface area contributed by atoms with Gasteiger partial charge in [0.1, 0.15) is 0 Å². The third-order valence-electron chi connectivity index (χ3n) is 1.76. The van der Waals surface area contributed by atoms with Crippen LogP contribution in [0.3, 0.4) is 0 Å². The number of nitrogens with zero attached hydrogens (tertiary/aromatic N) is 1. The molecular formula is C9H15N3O2. The Morgan fingerprint density at radius 2 is 2.43 bits per heavy atom. The molecule has 0 radical (unpaired) electrons. The van der Waals surface area contributed by atoms with Gasteiger partial charge in [-0.2, -0.15) is 0 Å². The Hall–Kier alpha value is -1.36. The van der Waals surface area contributed by atoms with E-state index in [1.165, 1.54) is 6.07 Å². The van der Waals surface area contributed by atoms with E-state index >= 15 is 0 Å². The maximum absolute atomic E-state index is 11.1. The van der Waals surface area contributed by atoms with E-state index in [1.54, 1.807) is 7.11 Å². The van der Waals surface area contributed by atoms with Crippen LogP contribution in [0.1, 0.15) is 12.6 Å². The summed E-state index contributed by atoms with van der Waals surface area (Å²) in [7, 11) is 1.63. The third-order valence-corrected chi connectivity index (χ3v) is 1.76. The predicted molar refractivity (Wildman–Crippen MR) is 54.6 cm³/mol. The van der Waals surface area contributed by atoms with Crippen molar-refractivity contribution >= 4 is 5.95 Å². The normalized spacial score (nSPS) is 10.1. The lowest BCUT2D eigenvalue weighted by Gasteiger charge is -2.05. The number of hydrogen-bond acceptors (Lipinski definition) is 4. The van der Waals surface area contributed by atoms with Crippen LogP contribution in [0.5, 0.6) is 0 Å². The zero-order valence-corrected chi connectivity index (χ0v) is 8.46. The lowest BCUT2D eigenvalue weighted by Crippen LogP contribution is -2.16. The summed E-state index contributed by atoms with van der Waals surface area (Å²) < 4.78 is 4.87. The molecule has 0 aliphatic carbocycles. The van der Waals surface area contributed by atoms with Crippen molar-refractivity contribution in [1.29, 1.82) is 0 Å². The molecule has 0 aliphatic heterocycles. The largest absolute Gasteiger partial charge is 0.383 e. The van der Waals surface area contributed by atoms with Crippen LogP contribution in [0.2, 0.25) is 0 Å². The van der Waals surface area contributed by atoms with Crippen molar-refractivity contribution in [2.75, 3.05) is 25.6 Å². The van der Waals surface area contributed by atoms with E-state index in [9.17, 15) is 4.79 Å². The van der Waals surface area contributed by atoms with Gasteiger partial charge in [0.15, 0.2) is 0 Å². The van der Waals surface area contributed by atoms with E-state index in [0.29, 0.717) is 19.1 Å². The highest BCUT2D eigenvalue weighted by molar-refractivity contribution is 5.24. The van der Waals surface area contributed by atoms with Gasteiger partial charge in [-0.05, 0) is 6.42 Å². The molecule has 0 saturated heterocycles. The van der Waals surface area contributed by atoms with Gasteiger partial charge in [-0.25, -0.2) is 4.98 Å². The van der Waals surface area contributed by atoms with Crippen molar-refractivity contribution in [3.63, 3.8) is 0 Å². The van der Waals surface area contributed by atoms with Gasteiger partial charge in [0.25, 0.3) is 5.56 Å². The molecule has 0 spiro atoms. The molecule has 0 atom stereocenters. The van der Waals surface area contributed by atoms with Crippen molar-refractivity contribution in [1.82, 2.24) is 9.97 Å². The molecule has 0 saturated carbocycles. The third kappa shape index (κ3) is 3.18. The summed E-state index contributed by atoms with van der Waals surface area (Å²) in [6.07, 6.45) is 0.753. The predicted octanol–water partition coefficient (Wildman–Crippen LogP) is 0.391. The number of ether oxygens (including phenoxy) is 1. The summed E-state index contributed by atoms with van der Waals surface area (Å²) in [5.41, 5.74) is 0.658. The van der Waals surface area contributed by atoms with Gasteiger partial charge in [-0.1, -0.05) is 6.92 Å². The van der Waals surface area contributed by atoms with E-state index < -0.39 is 0 Å². The Kier molecular flexibility index (Phi) is 4.12. The lowest BCUT2D eigenvalue weighted by molar-refractivity contribution is 0.210. The molecule has 5 nitrogen and oxygen atoms in total. The maximum atomic E-state index is 11.1. The summed E-state index contributed by atoms with van der Waals surface area (Å²) in [5.74, 6) is 0.506. The van der Waals surface area contributed by atoms with Gasteiger partial charge in [0.05, 0.1) is 6.61 Å². The van der Waals surface area contributed by atoms with Gasteiger partial charge in [-0.3, -0.25) is 9.78 Å². The summed E-state index contributed by atoms with van der Waals surface area (Å²) >= 11 is 0. The summed E-state index contributed by atoms with van der Waals surface area (Å²) in [4.78, 5) is 17.9. The number of aryl methyl sites for hydroxylation is 1. The zero-order valence-electron chi connectivity index (χ0n) is 8.46. The van der Waals surface area contributed by atoms with Crippen molar-refractivity contribution in [2.45, 2.75) is 13.3 Å². The molecule has 1 aromatic heterocycles. The van der Waals surface area contributed by atoms with Crippen LogP contribution in [-0.2, 0) is 11.2 Å². The minimum absolute atomic E-state index is 0.128. The molecule has 5 heteroatoms. The molecule has 0 aliphatic rings. The Labute approximate surface area is 82.5 Å². The molecule has 1 rings (SSSR count). The molecule has 1 aromatic rings. The van der Waals surface area contributed by atoms with Crippen molar-refractivity contribution in [3.8, 4) is 0 Å². The average molecular weight is 197 g/mol. The van der Waals surface area contributed by atoms with Crippen LogP contribution in [-0.4, -0.2) is 30.2 Å². The number of anilines is 1. The molecule has 14 heavy (non-hydrogen) atoms. The second-order valence-electron chi connectivity index (χ2n) is 2.86. The quantitative estimate of drug-likeness (QED) is 0.670. The topological polar surface area (TPSA) is 67.0 Å². The van der Waals surface area contributed by atoms with Gasteiger partial charge < -0.3 is 10.1 Å². The number of aromatic nitrogens is 2. The molecule has 78 valence electrons. The van der Waals surface area contributed by atoms with Gasteiger partial charge in [-0.15, -0.1) is 0 Å². The average Bonchev–Trinajstić information content (AvgIpc) is 2.17. The number of methoxy groups -OCH3 is 1. The number of rotatable bonds is 5. The van der Waals surface area contributed by atoms with Crippen LogP contribution in [0.25, 0.3) is 0 Å². The van der Waals surface area contributed by atoms with Gasteiger partial charge in [0.2, 0.25) is 5.95 Å². The maximum Gasteiger partial charge on any atom is 0.252 e. The molecule has 2 N–H and O–H groups in total. The Morgan fingerprint density at radius 1 is 1.64 bits per heavy atom. The summed E-state index contributed by atoms with van der Waals surface area (Å²) in [5, 5.41) is 2.97. The standard InChI is InChI=1S/C9H15N3O2/c1-3-7-6-8(13)12-9(11-7)10-4-5-14-2/h6H,3-5H2,1-2H3,(H2,10,11,12,13). The van der Waals surface area contributed by atoms with E-state index in [1.807, 2.05) is 6.92 Å². The molecule has 0 amide bonds. The van der Waals surface area contributed by atoms with Crippen LogP contribution in [0.15, 0.2) is 10.9 Å². The van der Waals surface area contributed by atoms with Crippen LogP contribution in [0, 0.1) is 0 Å². The lowest BCUT2D eigenvalue weighted by atomic mass is 10.3. The number of nitrogens with one attached hydrogen (secondary N) is 2. The van der Waals surface area contributed by atoms with Crippen LogP contribution in [0.4, 0.5) is 5.95 Å². The first-order valence-corrected chi connectivity index (χ1v) is 4.59. The fourth-order valence-corrected chi connectivity index (χ4v) is 1.04. The van der Waals surface area contributed by atoms with Gasteiger partial charge >= 0.3 is 0 Å². The minimum atomic E-state index is -0.128. The van der Waals surface area contributed by atoms with Crippen molar-refractivity contribution in [2.24, 2.45) is 0 Å². The number of H-pyrrole nitrogens is 1. The first-order valence-electron chi connectivity index (χ1n) is 4.59. The Morgan fingerprint density at radius 3 is 3.07 bits per heavy atom.